The minimum absolute atomic E-state index is 0.0216. The molecule has 0 aromatic carbocycles. The molecule has 1 saturated carbocycles. The summed E-state index contributed by atoms with van der Waals surface area (Å²) in [6, 6.07) is 0. The summed E-state index contributed by atoms with van der Waals surface area (Å²) >= 11 is 2.41. The highest BCUT2D eigenvalue weighted by molar-refractivity contribution is 14.1. The van der Waals surface area contributed by atoms with Crippen LogP contribution in [-0.2, 0) is 0 Å². The molecule has 1 N–H and O–H groups in total. The van der Waals surface area contributed by atoms with Crippen molar-refractivity contribution in [3.63, 3.8) is 0 Å². The van der Waals surface area contributed by atoms with Crippen molar-refractivity contribution in [2.45, 2.75) is 25.4 Å². The molecule has 1 heterocycles. The molecule has 1 atom stereocenters. The van der Waals surface area contributed by atoms with E-state index in [0.29, 0.717) is 5.41 Å². The van der Waals surface area contributed by atoms with Crippen LogP contribution < -0.4 is 0 Å². The van der Waals surface area contributed by atoms with Crippen molar-refractivity contribution < 1.29 is 5.11 Å². The minimum atomic E-state index is -0.0216. The first-order chi connectivity index (χ1) is 5.77. The zero-order valence-corrected chi connectivity index (χ0v) is 9.46. The Balaban J connectivity index is 1.81. The fourth-order valence-electron chi connectivity index (χ4n) is 2.16. The number of aliphatic hydroxyl groups excluding tert-OH is 1. The maximum atomic E-state index is 9.75. The van der Waals surface area contributed by atoms with Gasteiger partial charge in [-0.15, -0.1) is 0 Å². The number of rotatable bonds is 3. The third kappa shape index (κ3) is 1.63. The van der Waals surface area contributed by atoms with Crippen molar-refractivity contribution >= 4 is 22.6 Å². The molecule has 2 rings (SSSR count). The summed E-state index contributed by atoms with van der Waals surface area (Å²) in [5.41, 5.74) is 0.352. The molecule has 2 fully saturated rings. The van der Waals surface area contributed by atoms with Gasteiger partial charge in [-0.3, -0.25) is 0 Å². The molecule has 1 aliphatic heterocycles. The first-order valence-electron chi connectivity index (χ1n) is 4.73. The third-order valence-corrected chi connectivity index (χ3v) is 3.94. The van der Waals surface area contributed by atoms with Crippen LogP contribution in [0.2, 0.25) is 0 Å². The van der Waals surface area contributed by atoms with Crippen molar-refractivity contribution in [2.75, 3.05) is 24.1 Å². The average molecular weight is 281 g/mol. The lowest BCUT2D eigenvalue weighted by molar-refractivity contribution is 0.131. The van der Waals surface area contributed by atoms with Gasteiger partial charge in [0.05, 0.1) is 6.10 Å². The fraction of sp³-hybridized carbons (Fsp3) is 1.00. The van der Waals surface area contributed by atoms with E-state index in [1.54, 1.807) is 0 Å². The SMILES string of the molecule is OC1CN(CCCI)CC12CC2. The van der Waals surface area contributed by atoms with Crippen molar-refractivity contribution in [1.82, 2.24) is 4.90 Å². The average Bonchev–Trinajstić information content (AvgIpc) is 2.74. The number of halogens is 1. The molecular weight excluding hydrogens is 265 g/mol. The van der Waals surface area contributed by atoms with E-state index in [1.807, 2.05) is 0 Å². The molecule has 1 saturated heterocycles. The number of alkyl halides is 1. The molecule has 3 heteroatoms. The summed E-state index contributed by atoms with van der Waals surface area (Å²) in [6.45, 7) is 3.27. The van der Waals surface area contributed by atoms with E-state index in [1.165, 1.54) is 30.2 Å². The second-order valence-electron chi connectivity index (χ2n) is 4.16. The minimum Gasteiger partial charge on any atom is -0.391 e. The molecule has 0 bridgehead atoms. The van der Waals surface area contributed by atoms with Gasteiger partial charge in [-0.05, 0) is 25.8 Å². The summed E-state index contributed by atoms with van der Waals surface area (Å²) in [5, 5.41) is 9.75. The van der Waals surface area contributed by atoms with Crippen LogP contribution in [0.3, 0.4) is 0 Å². The molecule has 1 aliphatic carbocycles. The van der Waals surface area contributed by atoms with E-state index >= 15 is 0 Å². The summed E-state index contributed by atoms with van der Waals surface area (Å²) in [7, 11) is 0. The fourth-order valence-corrected chi connectivity index (χ4v) is 2.50. The molecule has 0 aromatic rings. The zero-order chi connectivity index (χ0) is 8.60. The van der Waals surface area contributed by atoms with Crippen LogP contribution in [-0.4, -0.2) is 40.2 Å². The Morgan fingerprint density at radius 2 is 2.25 bits per heavy atom. The van der Waals surface area contributed by atoms with Crippen LogP contribution in [0.5, 0.6) is 0 Å². The quantitative estimate of drug-likeness (QED) is 0.622. The van der Waals surface area contributed by atoms with Gasteiger partial charge in [0.2, 0.25) is 0 Å². The topological polar surface area (TPSA) is 23.5 Å². The summed E-state index contributed by atoms with van der Waals surface area (Å²) in [6.07, 6.45) is 3.76. The van der Waals surface area contributed by atoms with E-state index in [2.05, 4.69) is 27.5 Å². The number of likely N-dealkylation sites (tertiary alicyclic amines) is 1. The highest BCUT2D eigenvalue weighted by Crippen LogP contribution is 2.52. The largest absolute Gasteiger partial charge is 0.391 e. The summed E-state index contributed by atoms with van der Waals surface area (Å²) in [5.74, 6) is 0. The number of β-amino-alcohol motifs (C(OH)–C–C–N with tert-alkyl or cyclic N) is 1. The zero-order valence-electron chi connectivity index (χ0n) is 7.30. The predicted octanol–water partition coefficient (Wildman–Crippen LogP) is 1.27. The van der Waals surface area contributed by atoms with Gasteiger partial charge in [-0.2, -0.15) is 0 Å². The molecular formula is C9H16INO. The van der Waals surface area contributed by atoms with Crippen LogP contribution >= 0.6 is 22.6 Å². The first kappa shape index (κ1) is 9.21. The molecule has 0 radical (unpaired) electrons. The molecule has 1 unspecified atom stereocenters. The van der Waals surface area contributed by atoms with Crippen LogP contribution in [0.1, 0.15) is 19.3 Å². The molecule has 0 aromatic heterocycles. The lowest BCUT2D eigenvalue weighted by Crippen LogP contribution is -2.23. The van der Waals surface area contributed by atoms with Crippen molar-refractivity contribution in [2.24, 2.45) is 5.41 Å². The van der Waals surface area contributed by atoms with Crippen molar-refractivity contribution in [1.29, 1.82) is 0 Å². The molecule has 70 valence electrons. The van der Waals surface area contributed by atoms with E-state index in [4.69, 9.17) is 0 Å². The molecule has 12 heavy (non-hydrogen) atoms. The molecule has 1 spiro atoms. The number of hydrogen-bond acceptors (Lipinski definition) is 2. The second kappa shape index (κ2) is 3.42. The standard InChI is InChI=1S/C9H16INO/c10-4-1-5-11-6-8(12)9(7-11)2-3-9/h8,12H,1-7H2. The normalized spacial score (nSPS) is 33.0. The van der Waals surface area contributed by atoms with E-state index in [0.717, 1.165) is 13.1 Å². The summed E-state index contributed by atoms with van der Waals surface area (Å²) < 4.78 is 1.23. The number of hydrogen-bond donors (Lipinski definition) is 1. The lowest BCUT2D eigenvalue weighted by atomic mass is 10.0. The molecule has 2 aliphatic rings. The van der Waals surface area contributed by atoms with Crippen molar-refractivity contribution in [3.05, 3.63) is 0 Å². The Morgan fingerprint density at radius 1 is 1.50 bits per heavy atom. The van der Waals surface area contributed by atoms with Gasteiger partial charge in [0.15, 0.2) is 0 Å². The highest BCUT2D eigenvalue weighted by atomic mass is 127. The van der Waals surface area contributed by atoms with Gasteiger partial charge in [0.25, 0.3) is 0 Å². The van der Waals surface area contributed by atoms with Crippen molar-refractivity contribution in [3.8, 4) is 0 Å². The summed E-state index contributed by atoms with van der Waals surface area (Å²) in [4.78, 5) is 2.43. The monoisotopic (exact) mass is 281 g/mol. The third-order valence-electron chi connectivity index (χ3n) is 3.18. The van der Waals surface area contributed by atoms with Gasteiger partial charge in [-0.1, -0.05) is 22.6 Å². The van der Waals surface area contributed by atoms with Gasteiger partial charge in [0.1, 0.15) is 0 Å². The van der Waals surface area contributed by atoms with Gasteiger partial charge < -0.3 is 10.0 Å². The number of nitrogens with zero attached hydrogens (tertiary/aromatic N) is 1. The molecule has 2 nitrogen and oxygen atoms in total. The van der Waals surface area contributed by atoms with Gasteiger partial charge in [-0.25, -0.2) is 0 Å². The Bertz CT molecular complexity index is 170. The van der Waals surface area contributed by atoms with E-state index in [9.17, 15) is 5.11 Å². The Labute approximate surface area is 87.5 Å². The van der Waals surface area contributed by atoms with Gasteiger partial charge >= 0.3 is 0 Å². The Hall–Kier alpha value is 0.650. The lowest BCUT2D eigenvalue weighted by Gasteiger charge is -2.13. The maximum Gasteiger partial charge on any atom is 0.0735 e. The Morgan fingerprint density at radius 3 is 2.75 bits per heavy atom. The second-order valence-corrected chi connectivity index (χ2v) is 5.23. The highest BCUT2D eigenvalue weighted by Gasteiger charge is 2.54. The van der Waals surface area contributed by atoms with Crippen LogP contribution in [0.4, 0.5) is 0 Å². The van der Waals surface area contributed by atoms with Crippen LogP contribution in [0, 0.1) is 5.41 Å². The predicted molar refractivity (Wildman–Crippen MR) is 57.6 cm³/mol. The van der Waals surface area contributed by atoms with Crippen LogP contribution in [0.25, 0.3) is 0 Å². The van der Waals surface area contributed by atoms with Crippen LogP contribution in [0.15, 0.2) is 0 Å². The Kier molecular flexibility index (Phi) is 2.63. The number of aliphatic hydroxyl groups is 1. The van der Waals surface area contributed by atoms with Gasteiger partial charge in [0, 0.05) is 22.9 Å². The van der Waals surface area contributed by atoms with E-state index in [-0.39, 0.29) is 6.10 Å². The maximum absolute atomic E-state index is 9.75. The van der Waals surface area contributed by atoms with E-state index < -0.39 is 0 Å². The smallest absolute Gasteiger partial charge is 0.0735 e. The first-order valence-corrected chi connectivity index (χ1v) is 6.26. The molecule has 0 amide bonds.